The van der Waals surface area contributed by atoms with Crippen molar-refractivity contribution in [2.45, 2.75) is 0 Å². The number of aromatic nitrogens is 1. The summed E-state index contributed by atoms with van der Waals surface area (Å²) in [5, 5.41) is 3.06. The van der Waals surface area contributed by atoms with Gasteiger partial charge in [0.25, 0.3) is 0 Å². The number of carbonyl (C=O) groups is 1. The van der Waals surface area contributed by atoms with Gasteiger partial charge in [-0.05, 0) is 35.9 Å². The van der Waals surface area contributed by atoms with Crippen LogP contribution >= 0.6 is 11.3 Å². The fourth-order valence-electron chi connectivity index (χ4n) is 2.31. The number of nitrogens with zero attached hydrogens (tertiary/aromatic N) is 1. The lowest BCUT2D eigenvalue weighted by Gasteiger charge is -1.96. The molecule has 5 nitrogen and oxygen atoms in total. The molecule has 1 N–H and O–H groups in total. The number of anilines is 1. The first-order valence-corrected chi connectivity index (χ1v) is 8.43. The van der Waals surface area contributed by atoms with E-state index in [1.165, 1.54) is 23.5 Å². The minimum atomic E-state index is -0.470. The number of carbonyl (C=O) groups excluding carboxylic acids is 1. The molecule has 0 spiro atoms. The molecule has 1 aliphatic rings. The van der Waals surface area contributed by atoms with Crippen LogP contribution in [0.3, 0.4) is 0 Å². The van der Waals surface area contributed by atoms with E-state index < -0.39 is 5.91 Å². The van der Waals surface area contributed by atoms with Gasteiger partial charge in [0.15, 0.2) is 16.6 Å². The second-order valence-electron chi connectivity index (χ2n) is 5.31. The average molecular weight is 366 g/mol. The number of benzene rings is 2. The first kappa shape index (κ1) is 16.1. The number of thiazole rings is 1. The second kappa shape index (κ2) is 6.86. The van der Waals surface area contributed by atoms with Crippen LogP contribution in [-0.2, 0) is 4.79 Å². The fourth-order valence-corrected chi connectivity index (χ4v) is 3.13. The molecule has 1 aliphatic heterocycles. The summed E-state index contributed by atoms with van der Waals surface area (Å²) in [6.07, 6.45) is 1.62. The zero-order valence-electron chi connectivity index (χ0n) is 13.3. The molecule has 0 radical (unpaired) electrons. The van der Waals surface area contributed by atoms with E-state index in [0.29, 0.717) is 22.2 Å². The number of fused-ring (bicyclic) bond motifs is 1. The predicted molar refractivity (Wildman–Crippen MR) is 95.6 cm³/mol. The largest absolute Gasteiger partial charge is 0.454 e. The third-order valence-corrected chi connectivity index (χ3v) is 4.51. The molecule has 0 fully saturated rings. The smallest absolute Gasteiger partial charge is 0.302 e. The maximum absolute atomic E-state index is 13.0. The maximum atomic E-state index is 13.0. The lowest BCUT2D eigenvalue weighted by molar-refractivity contribution is -0.111. The molecule has 2 aromatic carbocycles. The van der Waals surface area contributed by atoms with E-state index in [-0.39, 0.29) is 12.6 Å². The quantitative estimate of drug-likeness (QED) is 0.703. The van der Waals surface area contributed by atoms with E-state index in [0.717, 1.165) is 10.4 Å². The third-order valence-electron chi connectivity index (χ3n) is 3.55. The standard InChI is InChI=1S/C19H11FN2O3S/c20-14-5-3-13(4-6-14)17-10-21-19(26-17)22-18(23)8-2-12-1-7-15-16(9-12)25-11-24-15/h1,3-7,9-10H,11H2,(H,21,22,23). The Morgan fingerprint density at radius 1 is 1.15 bits per heavy atom. The van der Waals surface area contributed by atoms with Crippen molar-refractivity contribution in [3.05, 3.63) is 60.0 Å². The van der Waals surface area contributed by atoms with E-state index >= 15 is 0 Å². The van der Waals surface area contributed by atoms with Crippen molar-refractivity contribution in [2.75, 3.05) is 12.1 Å². The number of amides is 1. The third kappa shape index (κ3) is 3.50. The van der Waals surface area contributed by atoms with Crippen molar-refractivity contribution < 1.29 is 18.7 Å². The lowest BCUT2D eigenvalue weighted by Crippen LogP contribution is -2.07. The van der Waals surface area contributed by atoms with Crippen LogP contribution in [0.25, 0.3) is 10.4 Å². The van der Waals surface area contributed by atoms with Crippen molar-refractivity contribution in [3.8, 4) is 33.8 Å². The number of hydrogen-bond acceptors (Lipinski definition) is 5. The van der Waals surface area contributed by atoms with Crippen molar-refractivity contribution in [2.24, 2.45) is 0 Å². The highest BCUT2D eigenvalue weighted by Crippen LogP contribution is 2.32. The van der Waals surface area contributed by atoms with Gasteiger partial charge in [-0.3, -0.25) is 10.1 Å². The molecule has 128 valence electrons. The van der Waals surface area contributed by atoms with Gasteiger partial charge in [-0.15, -0.1) is 0 Å². The summed E-state index contributed by atoms with van der Waals surface area (Å²) < 4.78 is 23.5. The number of ether oxygens (including phenoxy) is 2. The lowest BCUT2D eigenvalue weighted by atomic mass is 10.2. The second-order valence-corrected chi connectivity index (χ2v) is 6.34. The van der Waals surface area contributed by atoms with Crippen LogP contribution in [0.5, 0.6) is 11.5 Å². The molecule has 0 atom stereocenters. The monoisotopic (exact) mass is 366 g/mol. The summed E-state index contributed by atoms with van der Waals surface area (Å²) in [7, 11) is 0. The molecule has 1 aromatic heterocycles. The van der Waals surface area contributed by atoms with Crippen LogP contribution in [0.15, 0.2) is 48.7 Å². The summed E-state index contributed by atoms with van der Waals surface area (Å²) in [5.74, 6) is 5.80. The Hall–Kier alpha value is -3.37. The van der Waals surface area contributed by atoms with Crippen LogP contribution in [0.1, 0.15) is 5.56 Å². The molecule has 0 bridgehead atoms. The summed E-state index contributed by atoms with van der Waals surface area (Å²) in [5.41, 5.74) is 1.48. The van der Waals surface area contributed by atoms with Gasteiger partial charge >= 0.3 is 5.91 Å². The van der Waals surface area contributed by atoms with Gasteiger partial charge in [-0.1, -0.05) is 29.4 Å². The molecule has 0 saturated carbocycles. The first-order valence-electron chi connectivity index (χ1n) is 7.62. The Labute approximate surface area is 152 Å². The van der Waals surface area contributed by atoms with Crippen LogP contribution in [0, 0.1) is 17.7 Å². The van der Waals surface area contributed by atoms with Crippen molar-refractivity contribution in [1.82, 2.24) is 4.98 Å². The van der Waals surface area contributed by atoms with Gasteiger partial charge in [-0.25, -0.2) is 9.37 Å². The molecule has 26 heavy (non-hydrogen) atoms. The van der Waals surface area contributed by atoms with Gasteiger partial charge in [0.1, 0.15) is 5.82 Å². The first-order chi connectivity index (χ1) is 12.7. The number of halogens is 1. The molecule has 7 heteroatoms. The Morgan fingerprint density at radius 2 is 1.96 bits per heavy atom. The maximum Gasteiger partial charge on any atom is 0.302 e. The molecule has 3 aromatic rings. The summed E-state index contributed by atoms with van der Waals surface area (Å²) in [4.78, 5) is 17.0. The van der Waals surface area contributed by atoms with Gasteiger partial charge in [0, 0.05) is 17.7 Å². The zero-order chi connectivity index (χ0) is 17.9. The van der Waals surface area contributed by atoms with Gasteiger partial charge < -0.3 is 9.47 Å². The molecule has 0 saturated heterocycles. The molecular formula is C19H11FN2O3S. The SMILES string of the molecule is O=C(C#Cc1ccc2c(c1)OCO2)Nc1ncc(-c2ccc(F)cc2)s1. The van der Waals surface area contributed by atoms with Gasteiger partial charge in [0.2, 0.25) is 6.79 Å². The number of rotatable bonds is 2. The Kier molecular flexibility index (Phi) is 4.25. The molecule has 0 aliphatic carbocycles. The highest BCUT2D eigenvalue weighted by Gasteiger charge is 2.12. The van der Waals surface area contributed by atoms with E-state index in [2.05, 4.69) is 22.1 Å². The van der Waals surface area contributed by atoms with Crippen LogP contribution in [-0.4, -0.2) is 17.7 Å². The molecule has 4 rings (SSSR count). The highest BCUT2D eigenvalue weighted by atomic mass is 32.1. The van der Waals surface area contributed by atoms with E-state index in [1.54, 1.807) is 36.5 Å². The van der Waals surface area contributed by atoms with Crippen molar-refractivity contribution in [3.63, 3.8) is 0 Å². The van der Waals surface area contributed by atoms with Crippen LogP contribution in [0.4, 0.5) is 9.52 Å². The average Bonchev–Trinajstić information content (AvgIpc) is 3.29. The van der Waals surface area contributed by atoms with E-state index in [4.69, 9.17) is 9.47 Å². The normalized spacial score (nSPS) is 11.6. The van der Waals surface area contributed by atoms with E-state index in [1.807, 2.05) is 0 Å². The highest BCUT2D eigenvalue weighted by molar-refractivity contribution is 7.19. The number of hydrogen-bond donors (Lipinski definition) is 1. The van der Waals surface area contributed by atoms with Gasteiger partial charge in [0.05, 0.1) is 4.88 Å². The van der Waals surface area contributed by atoms with Crippen molar-refractivity contribution in [1.29, 1.82) is 0 Å². The Balaban J connectivity index is 1.44. The van der Waals surface area contributed by atoms with Gasteiger partial charge in [-0.2, -0.15) is 0 Å². The summed E-state index contributed by atoms with van der Waals surface area (Å²) in [6.45, 7) is 0.188. The van der Waals surface area contributed by atoms with Crippen LogP contribution in [0.2, 0.25) is 0 Å². The molecular weight excluding hydrogens is 355 g/mol. The van der Waals surface area contributed by atoms with Crippen LogP contribution < -0.4 is 14.8 Å². The topological polar surface area (TPSA) is 60.5 Å². The van der Waals surface area contributed by atoms with Crippen molar-refractivity contribution >= 4 is 22.4 Å². The zero-order valence-corrected chi connectivity index (χ0v) is 14.1. The summed E-state index contributed by atoms with van der Waals surface area (Å²) in [6, 6.07) is 11.3. The number of nitrogens with one attached hydrogen (secondary N) is 1. The molecule has 2 heterocycles. The summed E-state index contributed by atoms with van der Waals surface area (Å²) >= 11 is 1.29. The Morgan fingerprint density at radius 3 is 2.81 bits per heavy atom. The Bertz CT molecular complexity index is 1030. The molecule has 1 amide bonds. The minimum absolute atomic E-state index is 0.188. The minimum Gasteiger partial charge on any atom is -0.454 e. The predicted octanol–water partition coefficient (Wildman–Crippen LogP) is 3.67. The fraction of sp³-hybridized carbons (Fsp3) is 0.0526. The molecule has 0 unspecified atom stereocenters. The van der Waals surface area contributed by atoms with E-state index in [9.17, 15) is 9.18 Å².